The predicted octanol–water partition coefficient (Wildman–Crippen LogP) is 2.66. The van der Waals surface area contributed by atoms with Gasteiger partial charge in [-0.25, -0.2) is 8.42 Å². The van der Waals surface area contributed by atoms with Crippen molar-refractivity contribution in [2.75, 3.05) is 12.3 Å². The molecule has 0 bridgehead atoms. The molecule has 0 unspecified atom stereocenters. The standard InChI is InChI=1S/C20H23N3O3S2/c1-14(2)18(20(24)21-12-13-27-15-8-4-3-5-9-15)22-19-16-10-6-7-11-17(16)28(25,26)23-19/h3-11,14,18H,12-13H2,1-2H3,(H,21,24)(H,22,23)/t18-/m0/s1. The molecule has 28 heavy (non-hydrogen) atoms. The molecule has 6 nitrogen and oxygen atoms in total. The fourth-order valence-electron chi connectivity index (χ4n) is 2.84. The minimum absolute atomic E-state index is 0.0773. The summed E-state index contributed by atoms with van der Waals surface area (Å²) in [7, 11) is -3.62. The van der Waals surface area contributed by atoms with Gasteiger partial charge in [-0.2, -0.15) is 0 Å². The number of thioether (sulfide) groups is 1. The van der Waals surface area contributed by atoms with Crippen molar-refractivity contribution in [2.45, 2.75) is 29.7 Å². The maximum Gasteiger partial charge on any atom is 0.263 e. The van der Waals surface area contributed by atoms with Gasteiger partial charge in [0.05, 0.1) is 4.90 Å². The van der Waals surface area contributed by atoms with E-state index in [0.29, 0.717) is 12.1 Å². The molecule has 2 N–H and O–H groups in total. The molecule has 1 aliphatic rings. The summed E-state index contributed by atoms with van der Waals surface area (Å²) < 4.78 is 26.9. The van der Waals surface area contributed by atoms with Crippen LogP contribution >= 0.6 is 11.8 Å². The molecule has 8 heteroatoms. The molecule has 0 radical (unpaired) electrons. The topological polar surface area (TPSA) is 87.6 Å². The van der Waals surface area contributed by atoms with Crippen LogP contribution in [-0.2, 0) is 14.8 Å². The number of sulfonamides is 1. The van der Waals surface area contributed by atoms with Crippen LogP contribution in [0.25, 0.3) is 0 Å². The number of hydrogen-bond donors (Lipinski definition) is 2. The Hall–Kier alpha value is -2.32. The number of fused-ring (bicyclic) bond motifs is 1. The van der Waals surface area contributed by atoms with E-state index < -0.39 is 16.1 Å². The van der Waals surface area contributed by atoms with Crippen molar-refractivity contribution < 1.29 is 13.2 Å². The lowest BCUT2D eigenvalue weighted by molar-refractivity contribution is -0.123. The van der Waals surface area contributed by atoms with Gasteiger partial charge in [0, 0.05) is 22.8 Å². The third-order valence-electron chi connectivity index (χ3n) is 4.24. The molecule has 3 rings (SSSR count). The minimum atomic E-state index is -3.62. The van der Waals surface area contributed by atoms with Crippen molar-refractivity contribution in [3.8, 4) is 0 Å². The van der Waals surface area contributed by atoms with Crippen LogP contribution in [0.3, 0.4) is 0 Å². The van der Waals surface area contributed by atoms with Gasteiger partial charge in [-0.05, 0) is 30.2 Å². The lowest BCUT2D eigenvalue weighted by Crippen LogP contribution is -2.39. The van der Waals surface area contributed by atoms with E-state index in [1.54, 1.807) is 30.0 Å². The van der Waals surface area contributed by atoms with Gasteiger partial charge < -0.3 is 5.32 Å². The number of carbonyl (C=O) groups is 1. The second kappa shape index (κ2) is 8.79. The van der Waals surface area contributed by atoms with Crippen molar-refractivity contribution in [1.29, 1.82) is 0 Å². The summed E-state index contributed by atoms with van der Waals surface area (Å²) in [4.78, 5) is 18.4. The van der Waals surface area contributed by atoms with E-state index in [4.69, 9.17) is 0 Å². The largest absolute Gasteiger partial charge is 0.353 e. The maximum atomic E-state index is 12.7. The predicted molar refractivity (Wildman–Crippen MR) is 112 cm³/mol. The van der Waals surface area contributed by atoms with Gasteiger partial charge >= 0.3 is 0 Å². The van der Waals surface area contributed by atoms with Crippen molar-refractivity contribution >= 4 is 33.5 Å². The first-order valence-electron chi connectivity index (χ1n) is 9.04. The van der Waals surface area contributed by atoms with Gasteiger partial charge in [-0.3, -0.25) is 14.5 Å². The Morgan fingerprint density at radius 3 is 2.50 bits per heavy atom. The molecule has 0 fully saturated rings. The second-order valence-corrected chi connectivity index (χ2v) is 9.54. The molecular formula is C20H23N3O3S2. The quantitative estimate of drug-likeness (QED) is 0.536. The van der Waals surface area contributed by atoms with Gasteiger partial charge in [-0.1, -0.05) is 44.2 Å². The average molecular weight is 418 g/mol. The number of nitrogens with one attached hydrogen (secondary N) is 2. The molecule has 0 saturated heterocycles. The van der Waals surface area contributed by atoms with E-state index in [-0.39, 0.29) is 22.6 Å². The molecule has 0 spiro atoms. The van der Waals surface area contributed by atoms with E-state index in [1.165, 1.54) is 6.07 Å². The Morgan fingerprint density at radius 1 is 1.11 bits per heavy atom. The summed E-state index contributed by atoms with van der Waals surface area (Å²) in [6.45, 7) is 4.29. The number of carbonyl (C=O) groups excluding carboxylic acids is 1. The van der Waals surface area contributed by atoms with Gasteiger partial charge in [0.25, 0.3) is 10.0 Å². The molecule has 0 saturated carbocycles. The number of aliphatic imine (C=N–C) groups is 1. The Bertz CT molecular complexity index is 973. The Balaban J connectivity index is 1.67. The molecule has 2 aromatic rings. The Kier molecular flexibility index (Phi) is 6.41. The van der Waals surface area contributed by atoms with Crippen molar-refractivity contribution in [1.82, 2.24) is 10.0 Å². The number of benzene rings is 2. The van der Waals surface area contributed by atoms with Gasteiger partial charge in [0.2, 0.25) is 5.91 Å². The summed E-state index contributed by atoms with van der Waals surface area (Å²) >= 11 is 1.66. The fraction of sp³-hybridized carbons (Fsp3) is 0.300. The highest BCUT2D eigenvalue weighted by Gasteiger charge is 2.32. The van der Waals surface area contributed by atoms with Crippen molar-refractivity contribution in [2.24, 2.45) is 10.9 Å². The first-order chi connectivity index (χ1) is 13.4. The van der Waals surface area contributed by atoms with Crippen LogP contribution in [0.15, 0.2) is 69.4 Å². The van der Waals surface area contributed by atoms with E-state index in [2.05, 4.69) is 15.0 Å². The second-order valence-electron chi connectivity index (χ2n) is 6.72. The molecule has 1 atom stereocenters. The maximum absolute atomic E-state index is 12.7. The van der Waals surface area contributed by atoms with Gasteiger partial charge in [-0.15, -0.1) is 11.8 Å². The molecular weight excluding hydrogens is 394 g/mol. The van der Waals surface area contributed by atoms with E-state index >= 15 is 0 Å². The van der Waals surface area contributed by atoms with Crippen LogP contribution in [0.1, 0.15) is 19.4 Å². The van der Waals surface area contributed by atoms with Crippen LogP contribution < -0.4 is 10.0 Å². The molecule has 0 aliphatic carbocycles. The zero-order valence-corrected chi connectivity index (χ0v) is 17.4. The van der Waals surface area contributed by atoms with E-state index in [0.717, 1.165) is 10.6 Å². The summed E-state index contributed by atoms with van der Waals surface area (Å²) in [6, 6.07) is 15.9. The summed E-state index contributed by atoms with van der Waals surface area (Å²) in [5, 5.41) is 2.91. The number of rotatable bonds is 7. The first kappa shape index (κ1) is 20.4. The summed E-state index contributed by atoms with van der Waals surface area (Å²) in [6.07, 6.45) is 0. The number of amidine groups is 1. The van der Waals surface area contributed by atoms with Crippen LogP contribution in [-0.4, -0.2) is 38.5 Å². The molecule has 1 amide bonds. The monoisotopic (exact) mass is 417 g/mol. The highest BCUT2D eigenvalue weighted by atomic mass is 32.2. The zero-order valence-electron chi connectivity index (χ0n) is 15.8. The van der Waals surface area contributed by atoms with Crippen molar-refractivity contribution in [3.05, 3.63) is 60.2 Å². The van der Waals surface area contributed by atoms with E-state index in [9.17, 15) is 13.2 Å². The number of amides is 1. The highest BCUT2D eigenvalue weighted by molar-refractivity contribution is 7.99. The minimum Gasteiger partial charge on any atom is -0.353 e. The van der Waals surface area contributed by atoms with E-state index in [1.807, 2.05) is 44.2 Å². The normalized spacial score (nSPS) is 17.2. The van der Waals surface area contributed by atoms with Crippen LogP contribution in [0, 0.1) is 5.92 Å². The molecule has 1 heterocycles. The third-order valence-corrected chi connectivity index (χ3v) is 6.66. The Labute approximate surface area is 169 Å². The van der Waals surface area contributed by atoms with Gasteiger partial charge in [0.1, 0.15) is 11.9 Å². The fourth-order valence-corrected chi connectivity index (χ4v) is 4.87. The smallest absolute Gasteiger partial charge is 0.263 e. The number of nitrogens with zero attached hydrogens (tertiary/aromatic N) is 1. The first-order valence-corrected chi connectivity index (χ1v) is 11.5. The van der Waals surface area contributed by atoms with Crippen LogP contribution in [0.5, 0.6) is 0 Å². The van der Waals surface area contributed by atoms with Crippen molar-refractivity contribution in [3.63, 3.8) is 0 Å². The van der Waals surface area contributed by atoms with Crippen LogP contribution in [0.4, 0.5) is 0 Å². The lowest BCUT2D eigenvalue weighted by Gasteiger charge is -2.17. The highest BCUT2D eigenvalue weighted by Crippen LogP contribution is 2.23. The lowest BCUT2D eigenvalue weighted by atomic mass is 10.0. The summed E-state index contributed by atoms with van der Waals surface area (Å²) in [5.74, 6) is 0.682. The average Bonchev–Trinajstić information content (AvgIpc) is 2.94. The number of hydrogen-bond acceptors (Lipinski definition) is 5. The molecule has 148 valence electrons. The molecule has 2 aromatic carbocycles. The zero-order chi connectivity index (χ0) is 20.1. The van der Waals surface area contributed by atoms with Gasteiger partial charge in [0.15, 0.2) is 0 Å². The Morgan fingerprint density at radius 2 is 1.79 bits per heavy atom. The molecule has 1 aliphatic heterocycles. The third kappa shape index (κ3) is 4.74. The van der Waals surface area contributed by atoms with Crippen LogP contribution in [0.2, 0.25) is 0 Å². The summed E-state index contributed by atoms with van der Waals surface area (Å²) in [5.41, 5.74) is 0.501. The molecule has 0 aromatic heterocycles. The SMILES string of the molecule is CC(C)[C@H](N=C1NS(=O)(=O)c2ccccc21)C(=O)NCCSc1ccccc1.